The highest BCUT2D eigenvalue weighted by Gasteiger charge is 2.38. The molecule has 2 saturated heterocycles. The molecule has 0 aromatic heterocycles. The minimum Gasteiger partial charge on any atom is -0.371 e. The highest BCUT2D eigenvalue weighted by atomic mass is 16.5. The van der Waals surface area contributed by atoms with Crippen LogP contribution in [0.3, 0.4) is 0 Å². The Labute approximate surface area is 92.2 Å². The van der Waals surface area contributed by atoms with Gasteiger partial charge in [-0.1, -0.05) is 0 Å². The number of hydrogen-bond acceptors (Lipinski definition) is 3. The van der Waals surface area contributed by atoms with Crippen molar-refractivity contribution >= 4 is 0 Å². The van der Waals surface area contributed by atoms with E-state index in [4.69, 9.17) is 4.74 Å². The van der Waals surface area contributed by atoms with Crippen LogP contribution in [0.2, 0.25) is 0 Å². The molecule has 1 N–H and O–H groups in total. The number of ether oxygens (including phenoxy) is 1. The van der Waals surface area contributed by atoms with E-state index in [0.717, 1.165) is 38.2 Å². The van der Waals surface area contributed by atoms with Crippen LogP contribution >= 0.6 is 0 Å². The molecule has 1 aliphatic carbocycles. The van der Waals surface area contributed by atoms with Gasteiger partial charge in [0.15, 0.2) is 0 Å². The maximum atomic E-state index is 5.93. The summed E-state index contributed by atoms with van der Waals surface area (Å²) in [6.45, 7) is 7.67. The Kier molecular flexibility index (Phi) is 2.49. The Morgan fingerprint density at radius 1 is 1.40 bits per heavy atom. The molecule has 15 heavy (non-hydrogen) atoms. The lowest BCUT2D eigenvalue weighted by Crippen LogP contribution is -2.59. The Morgan fingerprint density at radius 2 is 2.27 bits per heavy atom. The van der Waals surface area contributed by atoms with Gasteiger partial charge in [-0.2, -0.15) is 0 Å². The number of likely N-dealkylation sites (tertiary alicyclic amines) is 1. The van der Waals surface area contributed by atoms with Crippen LogP contribution in [0.15, 0.2) is 0 Å². The van der Waals surface area contributed by atoms with E-state index >= 15 is 0 Å². The van der Waals surface area contributed by atoms with Gasteiger partial charge in [-0.05, 0) is 32.1 Å². The molecule has 3 heteroatoms. The van der Waals surface area contributed by atoms with Crippen LogP contribution in [0.1, 0.15) is 26.2 Å². The third-order valence-corrected chi connectivity index (χ3v) is 4.35. The molecule has 2 bridgehead atoms. The molecule has 0 aromatic rings. The summed E-state index contributed by atoms with van der Waals surface area (Å²) in [6, 6.07) is 0.894. The Balaban J connectivity index is 1.39. The average molecular weight is 210 g/mol. The predicted octanol–water partition coefficient (Wildman–Crippen LogP) is 0.849. The number of nitrogens with zero attached hydrogens (tertiary/aromatic N) is 1. The molecule has 0 spiro atoms. The molecular formula is C12H22N2O. The van der Waals surface area contributed by atoms with Gasteiger partial charge in [-0.15, -0.1) is 0 Å². The monoisotopic (exact) mass is 210 g/mol. The van der Waals surface area contributed by atoms with Crippen molar-refractivity contribution in [2.24, 2.45) is 5.92 Å². The second-order valence-electron chi connectivity index (χ2n) is 5.73. The third kappa shape index (κ3) is 1.93. The zero-order chi connectivity index (χ0) is 10.3. The third-order valence-electron chi connectivity index (χ3n) is 4.35. The van der Waals surface area contributed by atoms with E-state index in [-0.39, 0.29) is 5.60 Å². The maximum Gasteiger partial charge on any atom is 0.0902 e. The summed E-state index contributed by atoms with van der Waals surface area (Å²) in [6.07, 6.45) is 4.37. The fourth-order valence-corrected chi connectivity index (χ4v) is 3.29. The maximum absolute atomic E-state index is 5.93. The van der Waals surface area contributed by atoms with E-state index in [1.165, 1.54) is 25.8 Å². The minimum atomic E-state index is 0.138. The predicted molar refractivity (Wildman–Crippen MR) is 59.9 cm³/mol. The first-order valence-electron chi connectivity index (χ1n) is 6.34. The fourth-order valence-electron chi connectivity index (χ4n) is 3.29. The topological polar surface area (TPSA) is 24.5 Å². The van der Waals surface area contributed by atoms with Gasteiger partial charge in [-0.25, -0.2) is 0 Å². The van der Waals surface area contributed by atoms with Gasteiger partial charge in [-0.3, -0.25) is 4.90 Å². The second kappa shape index (κ2) is 3.72. The van der Waals surface area contributed by atoms with Gasteiger partial charge >= 0.3 is 0 Å². The van der Waals surface area contributed by atoms with Crippen molar-refractivity contribution in [3.63, 3.8) is 0 Å². The number of piperidine rings is 1. The molecule has 2 unspecified atom stereocenters. The van der Waals surface area contributed by atoms with Gasteiger partial charge < -0.3 is 10.1 Å². The largest absolute Gasteiger partial charge is 0.371 e. The molecule has 3 aliphatic rings. The number of nitrogens with one attached hydrogen (secondary N) is 1. The van der Waals surface area contributed by atoms with E-state index in [9.17, 15) is 0 Å². The molecule has 0 amide bonds. The zero-order valence-corrected chi connectivity index (χ0v) is 9.67. The molecule has 2 atom stereocenters. The molecule has 3 rings (SSSR count). The van der Waals surface area contributed by atoms with Crippen molar-refractivity contribution in [1.29, 1.82) is 0 Å². The number of fused-ring (bicyclic) bond motifs is 2. The second-order valence-corrected chi connectivity index (χ2v) is 5.73. The summed E-state index contributed by atoms with van der Waals surface area (Å²) < 4.78 is 5.93. The van der Waals surface area contributed by atoms with Gasteiger partial charge in [0, 0.05) is 32.2 Å². The summed E-state index contributed by atoms with van der Waals surface area (Å²) in [5.41, 5.74) is 0.138. The molecule has 0 radical (unpaired) electrons. The van der Waals surface area contributed by atoms with Crippen LogP contribution in [0.25, 0.3) is 0 Å². The van der Waals surface area contributed by atoms with Crippen molar-refractivity contribution in [3.05, 3.63) is 0 Å². The number of hydrogen-bond donors (Lipinski definition) is 1. The Hall–Kier alpha value is -0.120. The molecular weight excluding hydrogens is 188 g/mol. The van der Waals surface area contributed by atoms with Crippen molar-refractivity contribution in [2.75, 3.05) is 32.8 Å². The molecule has 86 valence electrons. The fraction of sp³-hybridized carbons (Fsp3) is 1.00. The summed E-state index contributed by atoms with van der Waals surface area (Å²) in [5.74, 6) is 1.01. The van der Waals surface area contributed by atoms with Crippen molar-refractivity contribution in [2.45, 2.75) is 37.8 Å². The highest BCUT2D eigenvalue weighted by Crippen LogP contribution is 2.36. The lowest BCUT2D eigenvalue weighted by molar-refractivity contribution is -0.0736. The molecule has 3 fully saturated rings. The van der Waals surface area contributed by atoms with Gasteiger partial charge in [0.25, 0.3) is 0 Å². The van der Waals surface area contributed by atoms with Crippen LogP contribution in [0, 0.1) is 5.92 Å². The lowest BCUT2D eigenvalue weighted by atomic mass is 10.0. The quantitative estimate of drug-likeness (QED) is 0.744. The smallest absolute Gasteiger partial charge is 0.0902 e. The Bertz CT molecular complexity index is 240. The first-order chi connectivity index (χ1) is 7.25. The standard InChI is InChI=1S/C12H22N2O/c1-12(8-13-9-12)15-5-4-14-7-10-2-3-11(14)6-10/h10-11,13H,2-9H2,1H3. The molecule has 3 nitrogen and oxygen atoms in total. The van der Waals surface area contributed by atoms with E-state index in [1.807, 2.05) is 0 Å². The lowest BCUT2D eigenvalue weighted by Gasteiger charge is -2.39. The molecule has 0 aromatic carbocycles. The summed E-state index contributed by atoms with van der Waals surface area (Å²) >= 11 is 0. The van der Waals surface area contributed by atoms with Crippen LogP contribution in [-0.2, 0) is 4.74 Å². The zero-order valence-electron chi connectivity index (χ0n) is 9.67. The first kappa shape index (κ1) is 10.1. The van der Waals surface area contributed by atoms with E-state index in [1.54, 1.807) is 0 Å². The van der Waals surface area contributed by atoms with E-state index < -0.39 is 0 Å². The van der Waals surface area contributed by atoms with E-state index in [2.05, 4.69) is 17.1 Å². The normalized spacial score (nSPS) is 38.2. The summed E-state index contributed by atoms with van der Waals surface area (Å²) in [7, 11) is 0. The Morgan fingerprint density at radius 3 is 2.80 bits per heavy atom. The SMILES string of the molecule is CC1(OCCN2CC3CCC2C3)CNC1. The van der Waals surface area contributed by atoms with Gasteiger partial charge in [0.05, 0.1) is 12.2 Å². The van der Waals surface area contributed by atoms with Crippen LogP contribution in [0.5, 0.6) is 0 Å². The van der Waals surface area contributed by atoms with Crippen molar-refractivity contribution in [3.8, 4) is 0 Å². The van der Waals surface area contributed by atoms with Crippen LogP contribution in [-0.4, -0.2) is 49.3 Å². The summed E-state index contributed by atoms with van der Waals surface area (Å²) in [5, 5.41) is 3.27. The van der Waals surface area contributed by atoms with Gasteiger partial charge in [0.1, 0.15) is 0 Å². The van der Waals surface area contributed by atoms with Crippen LogP contribution < -0.4 is 5.32 Å². The first-order valence-corrected chi connectivity index (χ1v) is 6.34. The summed E-state index contributed by atoms with van der Waals surface area (Å²) in [4.78, 5) is 2.64. The highest BCUT2D eigenvalue weighted by molar-refractivity contribution is 4.93. The van der Waals surface area contributed by atoms with Crippen LogP contribution in [0.4, 0.5) is 0 Å². The van der Waals surface area contributed by atoms with Gasteiger partial charge in [0.2, 0.25) is 0 Å². The molecule has 1 saturated carbocycles. The minimum absolute atomic E-state index is 0.138. The number of rotatable bonds is 4. The molecule has 2 aliphatic heterocycles. The average Bonchev–Trinajstić information content (AvgIpc) is 2.76. The molecule has 2 heterocycles. The van der Waals surface area contributed by atoms with E-state index in [0.29, 0.717) is 0 Å². The van der Waals surface area contributed by atoms with Crippen molar-refractivity contribution < 1.29 is 4.74 Å². The van der Waals surface area contributed by atoms with Crippen molar-refractivity contribution in [1.82, 2.24) is 10.2 Å².